The van der Waals surface area contributed by atoms with Gasteiger partial charge in [0, 0.05) is 0 Å². The van der Waals surface area contributed by atoms with E-state index in [9.17, 15) is 0 Å². The van der Waals surface area contributed by atoms with Gasteiger partial charge in [0.1, 0.15) is 0 Å². The first-order valence-electron chi connectivity index (χ1n) is 0.258. The summed E-state index contributed by atoms with van der Waals surface area (Å²) in [6.45, 7) is 0. The zero-order chi connectivity index (χ0) is 2.00. The average molecular weight is 316 g/mol. The molecule has 0 unspecified atom stereocenters. The zero-order valence-corrected chi connectivity index (χ0v) is 6.59. The molecule has 0 fully saturated rings. The van der Waals surface area contributed by atoms with Crippen molar-refractivity contribution in [1.82, 2.24) is 6.15 Å². The smallest absolute Gasteiger partial charge is 1.00 e. The number of rotatable bonds is 0. The van der Waals surface area contributed by atoms with Crippen LogP contribution in [0.1, 0.15) is 0 Å². The van der Waals surface area contributed by atoms with E-state index in [1.54, 1.807) is 0 Å². The minimum Gasteiger partial charge on any atom is -1.00 e. The molecule has 0 saturated heterocycles. The number of hydrogen-bond acceptors (Lipinski definition) is 3. The molecule has 6 heteroatoms. The standard InChI is InChI=1S/2ClH.H3NO.H3N.Pt/c;;1-2;;/h2*1H;2H,1H2;1H3;/q;;;;+2/p-2. The molecule has 0 atom stereocenters. The maximum atomic E-state index is 6.50. The molecule has 6 heavy (non-hydrogen) atoms. The minimum absolute atomic E-state index is 0. The van der Waals surface area contributed by atoms with Crippen molar-refractivity contribution in [3.63, 3.8) is 0 Å². The Morgan fingerprint density at radius 1 is 1.00 bits per heavy atom. The maximum Gasteiger partial charge on any atom is 2.00 e. The first-order chi connectivity index (χ1) is 1.00. The molecule has 0 spiro atoms. The van der Waals surface area contributed by atoms with Crippen LogP contribution in [-0.4, -0.2) is 5.21 Å². The van der Waals surface area contributed by atoms with Gasteiger partial charge in [-0.3, -0.25) is 0 Å². The van der Waals surface area contributed by atoms with Crippen LogP contribution in [0.15, 0.2) is 0 Å². The van der Waals surface area contributed by atoms with E-state index in [-0.39, 0.29) is 52.0 Å². The molecule has 0 radical (unpaired) electrons. The van der Waals surface area contributed by atoms with E-state index in [4.69, 9.17) is 5.21 Å². The molecule has 0 aliphatic heterocycles. The predicted octanol–water partition coefficient (Wildman–Crippen LogP) is -6.50. The normalized spacial score (nSPS) is 1.00. The van der Waals surface area contributed by atoms with Crippen LogP contribution < -0.4 is 36.9 Å². The molecule has 0 aromatic heterocycles. The second-order valence-corrected chi connectivity index (χ2v) is 0. The van der Waals surface area contributed by atoms with Crippen molar-refractivity contribution >= 4 is 0 Å². The Bertz CT molecular complexity index is 11.5. The number of nitrogens with two attached hydrogens (primary N) is 1. The molecular formula is H6Cl2N2OPt. The quantitative estimate of drug-likeness (QED) is 0.389. The van der Waals surface area contributed by atoms with Gasteiger partial charge in [-0.1, -0.05) is 0 Å². The molecule has 0 saturated carbocycles. The Hall–Kier alpha value is 1.15. The van der Waals surface area contributed by atoms with Gasteiger partial charge in [0.05, 0.1) is 0 Å². The molecule has 0 aromatic rings. The Labute approximate surface area is 63.3 Å². The fourth-order valence-corrected chi connectivity index (χ4v) is 0. The van der Waals surface area contributed by atoms with Gasteiger partial charge in [-0.25, -0.2) is 5.90 Å². The van der Waals surface area contributed by atoms with Crippen LogP contribution >= 0.6 is 0 Å². The summed E-state index contributed by atoms with van der Waals surface area (Å²) in [7, 11) is 0. The predicted molar refractivity (Wildman–Crippen MR) is 11.0 cm³/mol. The van der Waals surface area contributed by atoms with Gasteiger partial charge < -0.3 is 36.2 Å². The van der Waals surface area contributed by atoms with Gasteiger partial charge in [0.15, 0.2) is 0 Å². The van der Waals surface area contributed by atoms with Crippen molar-refractivity contribution in [2.75, 3.05) is 0 Å². The van der Waals surface area contributed by atoms with Gasteiger partial charge in [0.2, 0.25) is 0 Å². The van der Waals surface area contributed by atoms with Crippen molar-refractivity contribution in [2.24, 2.45) is 5.90 Å². The third-order valence-corrected chi connectivity index (χ3v) is 0. The SMILES string of the molecule is N.NO.[Cl-].[Cl-].[Pt+2]. The van der Waals surface area contributed by atoms with E-state index in [1.807, 2.05) is 0 Å². The van der Waals surface area contributed by atoms with Crippen molar-refractivity contribution in [3.8, 4) is 0 Å². The number of hydrogen-bond donors (Lipinski definition) is 3. The first kappa shape index (κ1) is 58.5. The van der Waals surface area contributed by atoms with E-state index < -0.39 is 0 Å². The van der Waals surface area contributed by atoms with Crippen LogP contribution in [0.4, 0.5) is 0 Å². The molecule has 0 bridgehead atoms. The van der Waals surface area contributed by atoms with Gasteiger partial charge in [-0.05, 0) is 0 Å². The second kappa shape index (κ2) is 124. The third-order valence-electron chi connectivity index (χ3n) is 0. The minimum atomic E-state index is 0. The van der Waals surface area contributed by atoms with Gasteiger partial charge in [-0.2, -0.15) is 0 Å². The van der Waals surface area contributed by atoms with Crippen LogP contribution in [0.5, 0.6) is 0 Å². The molecule has 0 aliphatic rings. The first-order valence-corrected chi connectivity index (χ1v) is 0.258. The van der Waals surface area contributed by atoms with Crippen LogP contribution in [0, 0.1) is 0 Å². The molecule has 0 aliphatic carbocycles. The Morgan fingerprint density at radius 2 is 1.00 bits per heavy atom. The summed E-state index contributed by atoms with van der Waals surface area (Å²) in [5, 5.41) is 6.50. The third kappa shape index (κ3) is 67.2. The van der Waals surface area contributed by atoms with Gasteiger partial charge in [-0.15, -0.1) is 0 Å². The molecule has 3 nitrogen and oxygen atoms in total. The van der Waals surface area contributed by atoms with Gasteiger partial charge in [0.25, 0.3) is 0 Å². The Kier molecular flexibility index (Phi) is 1210. The van der Waals surface area contributed by atoms with Crippen molar-refractivity contribution in [2.45, 2.75) is 0 Å². The molecule has 0 rings (SSSR count). The van der Waals surface area contributed by atoms with Crippen molar-refractivity contribution in [3.05, 3.63) is 0 Å². The second-order valence-electron chi connectivity index (χ2n) is 0. The maximum absolute atomic E-state index is 6.50. The van der Waals surface area contributed by atoms with E-state index >= 15 is 0 Å². The summed E-state index contributed by atoms with van der Waals surface area (Å²) >= 11 is 0. The summed E-state index contributed by atoms with van der Waals surface area (Å²) in [6, 6.07) is 0. The van der Waals surface area contributed by atoms with Crippen molar-refractivity contribution in [1.29, 1.82) is 0 Å². The van der Waals surface area contributed by atoms with Crippen molar-refractivity contribution < 1.29 is 51.1 Å². The topological polar surface area (TPSA) is 81.2 Å². The van der Waals surface area contributed by atoms with Crippen LogP contribution in [-0.2, 0) is 21.1 Å². The fraction of sp³-hybridized carbons (Fsp3) is 0. The van der Waals surface area contributed by atoms with Crippen LogP contribution in [0.25, 0.3) is 0 Å². The summed E-state index contributed by atoms with van der Waals surface area (Å²) in [5.74, 6) is 3.50. The molecule has 46 valence electrons. The van der Waals surface area contributed by atoms with E-state index in [0.717, 1.165) is 0 Å². The largest absolute Gasteiger partial charge is 2.00 e. The van der Waals surface area contributed by atoms with E-state index in [2.05, 4.69) is 5.90 Å². The summed E-state index contributed by atoms with van der Waals surface area (Å²) in [6.07, 6.45) is 0. The Morgan fingerprint density at radius 3 is 1.00 bits per heavy atom. The molecule has 6 N–H and O–H groups in total. The molecule has 0 amide bonds. The summed E-state index contributed by atoms with van der Waals surface area (Å²) < 4.78 is 0. The zero-order valence-electron chi connectivity index (χ0n) is 2.80. The molecule has 0 aromatic carbocycles. The summed E-state index contributed by atoms with van der Waals surface area (Å²) in [4.78, 5) is 0. The van der Waals surface area contributed by atoms with Gasteiger partial charge >= 0.3 is 21.1 Å². The van der Waals surface area contributed by atoms with E-state index in [0.29, 0.717) is 0 Å². The van der Waals surface area contributed by atoms with Crippen LogP contribution in [0.2, 0.25) is 0 Å². The van der Waals surface area contributed by atoms with E-state index in [1.165, 1.54) is 0 Å². The monoisotopic (exact) mass is 315 g/mol. The fourth-order valence-electron chi connectivity index (χ4n) is 0. The average Bonchev–Trinajstić information content (AvgIpc) is 1.00. The van der Waals surface area contributed by atoms with Crippen LogP contribution in [0.3, 0.4) is 0 Å². The molecular weight excluding hydrogens is 310 g/mol. The molecule has 0 heterocycles. The number of halogens is 2. The Balaban J connectivity index is -0.000000000833. The summed E-state index contributed by atoms with van der Waals surface area (Å²) in [5.41, 5.74) is 0.